The van der Waals surface area contributed by atoms with Crippen LogP contribution in [0.25, 0.3) is 0 Å². The minimum atomic E-state index is -0.583. The van der Waals surface area contributed by atoms with Gasteiger partial charge < -0.3 is 10.6 Å². The van der Waals surface area contributed by atoms with E-state index in [0.29, 0.717) is 19.0 Å². The van der Waals surface area contributed by atoms with Crippen LogP contribution in [-0.4, -0.2) is 13.1 Å². The summed E-state index contributed by atoms with van der Waals surface area (Å²) in [6.45, 7) is 7.34. The summed E-state index contributed by atoms with van der Waals surface area (Å²) in [4.78, 5) is 1.75. The van der Waals surface area contributed by atoms with Crippen molar-refractivity contribution in [1.29, 1.82) is 0 Å². The quantitative estimate of drug-likeness (QED) is 0.784. The second-order valence-corrected chi connectivity index (χ2v) is 4.55. The molecule has 1 aromatic carbocycles. The fourth-order valence-electron chi connectivity index (χ4n) is 2.12. The van der Waals surface area contributed by atoms with Crippen LogP contribution in [0.5, 0.6) is 0 Å². The zero-order valence-corrected chi connectivity index (χ0v) is 11.3. The van der Waals surface area contributed by atoms with E-state index in [1.165, 1.54) is 12.1 Å². The van der Waals surface area contributed by atoms with Crippen LogP contribution < -0.4 is 10.6 Å². The van der Waals surface area contributed by atoms with Crippen molar-refractivity contribution in [2.75, 3.05) is 23.7 Å². The highest BCUT2D eigenvalue weighted by atomic mass is 19.1. The van der Waals surface area contributed by atoms with E-state index in [9.17, 15) is 8.78 Å². The molecule has 1 aromatic rings. The number of halogens is 2. The van der Waals surface area contributed by atoms with Gasteiger partial charge in [0.25, 0.3) is 0 Å². The normalized spacial score (nSPS) is 11.0. The van der Waals surface area contributed by atoms with Gasteiger partial charge in [0, 0.05) is 18.8 Å². The number of nitrogens with two attached hydrogens (primary N) is 1. The summed E-state index contributed by atoms with van der Waals surface area (Å²) in [7, 11) is 0. The number of benzene rings is 1. The highest BCUT2D eigenvalue weighted by molar-refractivity contribution is 5.55. The van der Waals surface area contributed by atoms with Gasteiger partial charge in [0.1, 0.15) is 5.69 Å². The number of hydrogen-bond acceptors (Lipinski definition) is 2. The molecule has 2 nitrogen and oxygen atoms in total. The summed E-state index contributed by atoms with van der Waals surface area (Å²) in [5, 5.41) is 0. The van der Waals surface area contributed by atoms with Gasteiger partial charge in [-0.3, -0.25) is 0 Å². The molecule has 0 unspecified atom stereocenters. The van der Waals surface area contributed by atoms with E-state index in [0.717, 1.165) is 12.8 Å². The zero-order valence-electron chi connectivity index (χ0n) is 11.3. The maximum Gasteiger partial charge on any atom is 0.151 e. The lowest BCUT2D eigenvalue weighted by Crippen LogP contribution is -2.30. The number of nitrogens with zero attached hydrogens (tertiary/aromatic N) is 1. The Hall–Kier alpha value is -1.32. The van der Waals surface area contributed by atoms with Gasteiger partial charge in [-0.1, -0.05) is 26.7 Å². The first-order valence-corrected chi connectivity index (χ1v) is 6.52. The Morgan fingerprint density at radius 2 is 1.61 bits per heavy atom. The number of hydrogen-bond donors (Lipinski definition) is 1. The molecule has 4 heteroatoms. The van der Waals surface area contributed by atoms with Gasteiger partial charge >= 0.3 is 0 Å². The molecule has 0 bridgehead atoms. The molecule has 1 rings (SSSR count). The summed E-state index contributed by atoms with van der Waals surface area (Å²) < 4.78 is 27.7. The Morgan fingerprint density at radius 3 is 2.00 bits per heavy atom. The molecule has 2 N–H and O–H groups in total. The van der Waals surface area contributed by atoms with Gasteiger partial charge in [0.15, 0.2) is 11.6 Å². The van der Waals surface area contributed by atoms with E-state index < -0.39 is 11.6 Å². The van der Waals surface area contributed by atoms with Gasteiger partial charge in [-0.25, -0.2) is 8.78 Å². The zero-order chi connectivity index (χ0) is 13.7. The molecular weight excluding hydrogens is 234 g/mol. The van der Waals surface area contributed by atoms with Crippen LogP contribution in [0.1, 0.15) is 33.6 Å². The number of anilines is 2. The van der Waals surface area contributed by atoms with Gasteiger partial charge in [-0.15, -0.1) is 0 Å². The van der Waals surface area contributed by atoms with Gasteiger partial charge in [-0.2, -0.15) is 0 Å². The standard InChI is InChI=1S/C14H22F2N2/c1-4-10(5-2)9-18(6-3)14-12(15)7-11(17)8-13(14)16/h7-8,10H,4-6,9,17H2,1-3H3. The maximum absolute atomic E-state index is 13.8. The average Bonchev–Trinajstić information content (AvgIpc) is 2.32. The molecule has 0 aliphatic carbocycles. The van der Waals surface area contributed by atoms with Crippen molar-refractivity contribution in [3.8, 4) is 0 Å². The van der Waals surface area contributed by atoms with Crippen molar-refractivity contribution >= 4 is 11.4 Å². The predicted octanol–water partition coefficient (Wildman–Crippen LogP) is 3.81. The number of nitrogen functional groups attached to an aromatic ring is 1. The van der Waals surface area contributed by atoms with Crippen molar-refractivity contribution in [1.82, 2.24) is 0 Å². The predicted molar refractivity (Wildman–Crippen MR) is 72.7 cm³/mol. The van der Waals surface area contributed by atoms with Crippen LogP contribution in [0.3, 0.4) is 0 Å². The number of rotatable bonds is 6. The summed E-state index contributed by atoms with van der Waals surface area (Å²) in [6, 6.07) is 2.35. The molecule has 0 aliphatic rings. The lowest BCUT2D eigenvalue weighted by atomic mass is 10.0. The van der Waals surface area contributed by atoms with Gasteiger partial charge in [0.2, 0.25) is 0 Å². The highest BCUT2D eigenvalue weighted by Crippen LogP contribution is 2.27. The topological polar surface area (TPSA) is 29.3 Å². The SMILES string of the molecule is CCC(CC)CN(CC)c1c(F)cc(N)cc1F. The Bertz CT molecular complexity index is 366. The Kier molecular flexibility index (Phi) is 5.38. The Balaban J connectivity index is 3.01. The molecule has 0 atom stereocenters. The molecule has 0 aliphatic heterocycles. The third-order valence-electron chi connectivity index (χ3n) is 3.37. The molecule has 0 saturated heterocycles. The van der Waals surface area contributed by atoms with E-state index in [1.54, 1.807) is 4.90 Å². The first-order valence-electron chi connectivity index (χ1n) is 6.52. The lowest BCUT2D eigenvalue weighted by molar-refractivity contribution is 0.475. The Morgan fingerprint density at radius 1 is 1.11 bits per heavy atom. The molecule has 0 fully saturated rings. The summed E-state index contributed by atoms with van der Waals surface area (Å²) in [5.41, 5.74) is 5.58. The highest BCUT2D eigenvalue weighted by Gasteiger charge is 2.18. The fraction of sp³-hybridized carbons (Fsp3) is 0.571. The molecule has 0 saturated carbocycles. The molecule has 0 spiro atoms. The van der Waals surface area contributed by atoms with Gasteiger partial charge in [-0.05, 0) is 25.0 Å². The molecule has 18 heavy (non-hydrogen) atoms. The fourth-order valence-corrected chi connectivity index (χ4v) is 2.12. The Labute approximate surface area is 108 Å². The van der Waals surface area contributed by atoms with Crippen LogP contribution in [0, 0.1) is 17.6 Å². The molecular formula is C14H22F2N2. The van der Waals surface area contributed by atoms with E-state index in [4.69, 9.17) is 5.73 Å². The molecule has 0 heterocycles. The third kappa shape index (κ3) is 3.34. The van der Waals surface area contributed by atoms with Crippen molar-refractivity contribution in [2.24, 2.45) is 5.92 Å². The smallest absolute Gasteiger partial charge is 0.151 e. The van der Waals surface area contributed by atoms with E-state index in [-0.39, 0.29) is 11.4 Å². The van der Waals surface area contributed by atoms with E-state index in [1.807, 2.05) is 6.92 Å². The van der Waals surface area contributed by atoms with Crippen molar-refractivity contribution in [2.45, 2.75) is 33.6 Å². The largest absolute Gasteiger partial charge is 0.399 e. The van der Waals surface area contributed by atoms with E-state index >= 15 is 0 Å². The molecule has 0 radical (unpaired) electrons. The first kappa shape index (κ1) is 14.7. The first-order chi connectivity index (χ1) is 8.53. The maximum atomic E-state index is 13.8. The summed E-state index contributed by atoms with van der Waals surface area (Å²) in [5.74, 6) is -0.720. The minimum Gasteiger partial charge on any atom is -0.399 e. The average molecular weight is 256 g/mol. The van der Waals surface area contributed by atoms with Crippen LogP contribution in [-0.2, 0) is 0 Å². The van der Waals surface area contributed by atoms with Crippen LogP contribution in [0.15, 0.2) is 12.1 Å². The van der Waals surface area contributed by atoms with E-state index in [2.05, 4.69) is 13.8 Å². The minimum absolute atomic E-state index is 0.0404. The van der Waals surface area contributed by atoms with Crippen LogP contribution >= 0.6 is 0 Å². The van der Waals surface area contributed by atoms with Crippen LogP contribution in [0.2, 0.25) is 0 Å². The van der Waals surface area contributed by atoms with Crippen molar-refractivity contribution in [3.05, 3.63) is 23.8 Å². The summed E-state index contributed by atoms with van der Waals surface area (Å²) in [6.07, 6.45) is 2.01. The third-order valence-corrected chi connectivity index (χ3v) is 3.37. The van der Waals surface area contributed by atoms with Crippen LogP contribution in [0.4, 0.5) is 20.2 Å². The second-order valence-electron chi connectivity index (χ2n) is 4.55. The van der Waals surface area contributed by atoms with Crippen molar-refractivity contribution in [3.63, 3.8) is 0 Å². The van der Waals surface area contributed by atoms with Crippen molar-refractivity contribution < 1.29 is 8.78 Å². The molecule has 102 valence electrons. The second kappa shape index (κ2) is 6.57. The molecule has 0 aromatic heterocycles. The monoisotopic (exact) mass is 256 g/mol. The molecule has 0 amide bonds. The lowest BCUT2D eigenvalue weighted by Gasteiger charge is -2.28. The summed E-state index contributed by atoms with van der Waals surface area (Å²) >= 11 is 0. The van der Waals surface area contributed by atoms with Gasteiger partial charge in [0.05, 0.1) is 0 Å².